The second kappa shape index (κ2) is 5.57. The van der Waals surface area contributed by atoms with Gasteiger partial charge in [-0.2, -0.15) is 4.40 Å². The molecule has 0 unspecified atom stereocenters. The second-order valence-corrected chi connectivity index (χ2v) is 5.35. The number of rotatable bonds is 4. The molecular weight excluding hydrogens is 306 g/mol. The smallest absolute Gasteiger partial charge is 0.379 e. The monoisotopic (exact) mass is 318 g/mol. The predicted molar refractivity (Wildman–Crippen MR) is 79.9 cm³/mol. The van der Waals surface area contributed by atoms with Gasteiger partial charge in [0.15, 0.2) is 5.69 Å². The summed E-state index contributed by atoms with van der Waals surface area (Å²) >= 11 is 1.39. The molecule has 3 rings (SSSR count). The van der Waals surface area contributed by atoms with E-state index in [0.29, 0.717) is 12.3 Å². The molecule has 0 aliphatic carbocycles. The van der Waals surface area contributed by atoms with Crippen molar-refractivity contribution in [1.29, 1.82) is 0 Å². The van der Waals surface area contributed by atoms with Crippen LogP contribution in [0.3, 0.4) is 0 Å². The van der Waals surface area contributed by atoms with Crippen LogP contribution < -0.4 is 4.40 Å². The largest absolute Gasteiger partial charge is 0.460 e. The van der Waals surface area contributed by atoms with E-state index >= 15 is 0 Å². The molecule has 0 bridgehead atoms. The van der Waals surface area contributed by atoms with Gasteiger partial charge in [0.05, 0.1) is 16.9 Å². The number of carbonyl (C=O) groups is 1. The molecule has 0 fully saturated rings. The van der Waals surface area contributed by atoms with Gasteiger partial charge in [-0.15, -0.1) is 0 Å². The molecule has 2 aromatic heterocycles. The summed E-state index contributed by atoms with van der Waals surface area (Å²) in [6.07, 6.45) is 1.78. The zero-order valence-corrected chi connectivity index (χ0v) is 12.4. The lowest BCUT2D eigenvalue weighted by Gasteiger charge is -1.95. The van der Waals surface area contributed by atoms with Crippen molar-refractivity contribution in [3.05, 3.63) is 51.7 Å². The van der Waals surface area contributed by atoms with Crippen molar-refractivity contribution in [2.45, 2.75) is 6.92 Å². The molecule has 0 aliphatic heterocycles. The minimum absolute atomic E-state index is 0.0389. The first-order chi connectivity index (χ1) is 10.6. The van der Waals surface area contributed by atoms with Crippen LogP contribution >= 0.6 is 11.3 Å². The number of aromatic amines is 1. The number of carbonyl (C=O) groups excluding carboxylic acids is 1. The molecule has 0 saturated heterocycles. The maximum absolute atomic E-state index is 11.9. The highest BCUT2D eigenvalue weighted by atomic mass is 32.1. The van der Waals surface area contributed by atoms with Crippen LogP contribution in [-0.4, -0.2) is 22.5 Å². The second-order valence-electron chi connectivity index (χ2n) is 4.49. The maximum atomic E-state index is 11.9. The van der Waals surface area contributed by atoms with E-state index in [9.17, 15) is 14.9 Å². The molecule has 22 heavy (non-hydrogen) atoms. The summed E-state index contributed by atoms with van der Waals surface area (Å²) in [4.78, 5) is 26.1. The van der Waals surface area contributed by atoms with Gasteiger partial charge in [-0.25, -0.2) is 9.78 Å². The molecular formula is C14H12N3O4S+. The molecule has 1 aromatic carbocycles. The van der Waals surface area contributed by atoms with E-state index < -0.39 is 4.92 Å². The Hall–Kier alpha value is -2.74. The third kappa shape index (κ3) is 2.44. The first kappa shape index (κ1) is 14.2. The van der Waals surface area contributed by atoms with E-state index in [1.165, 1.54) is 23.5 Å². The molecule has 0 aliphatic rings. The molecule has 0 amide bonds. The van der Waals surface area contributed by atoms with E-state index in [-0.39, 0.29) is 11.7 Å². The Morgan fingerprint density at radius 1 is 1.41 bits per heavy atom. The van der Waals surface area contributed by atoms with E-state index in [0.717, 1.165) is 16.2 Å². The van der Waals surface area contributed by atoms with Crippen molar-refractivity contribution >= 4 is 28.0 Å². The minimum atomic E-state index is -0.440. The zero-order valence-electron chi connectivity index (χ0n) is 11.6. The number of fused-ring (bicyclic) bond motifs is 1. The SMILES string of the molecule is CCOC(=O)c1csc2[nH]c(-c3ccc([N+](=O)[O-])cc3)c[n+]12. The highest BCUT2D eigenvalue weighted by Crippen LogP contribution is 2.22. The van der Waals surface area contributed by atoms with Crippen LogP contribution in [0.5, 0.6) is 0 Å². The third-order valence-corrected chi connectivity index (χ3v) is 4.00. The average Bonchev–Trinajstić information content (AvgIpc) is 3.07. The quantitative estimate of drug-likeness (QED) is 0.346. The Balaban J connectivity index is 1.98. The van der Waals surface area contributed by atoms with Crippen molar-refractivity contribution in [3.8, 4) is 11.3 Å². The van der Waals surface area contributed by atoms with Gasteiger partial charge in [0, 0.05) is 17.7 Å². The minimum Gasteiger partial charge on any atom is -0.460 e. The number of nitro groups is 1. The lowest BCUT2D eigenvalue weighted by atomic mass is 10.1. The number of hydrogen-bond donors (Lipinski definition) is 1. The number of benzene rings is 1. The van der Waals surface area contributed by atoms with E-state index in [1.54, 1.807) is 35.0 Å². The normalized spacial score (nSPS) is 10.8. The van der Waals surface area contributed by atoms with Crippen LogP contribution in [0.4, 0.5) is 5.69 Å². The number of nitrogens with one attached hydrogen (secondary N) is 1. The van der Waals surface area contributed by atoms with Crippen LogP contribution in [0.1, 0.15) is 17.4 Å². The number of non-ortho nitro benzene ring substituents is 1. The molecule has 8 heteroatoms. The number of nitrogens with zero attached hydrogens (tertiary/aromatic N) is 2. The fourth-order valence-electron chi connectivity index (χ4n) is 2.09. The van der Waals surface area contributed by atoms with Crippen LogP contribution in [0.2, 0.25) is 0 Å². The maximum Gasteiger partial charge on any atom is 0.379 e. The molecule has 0 spiro atoms. The lowest BCUT2D eigenvalue weighted by molar-refractivity contribution is -0.508. The number of esters is 1. The number of nitro benzene ring substituents is 1. The molecule has 0 saturated carbocycles. The van der Waals surface area contributed by atoms with Crippen LogP contribution in [0.25, 0.3) is 16.2 Å². The summed E-state index contributed by atoms with van der Waals surface area (Å²) in [7, 11) is 0. The Kier molecular flexibility index (Phi) is 3.60. The van der Waals surface area contributed by atoms with Gasteiger partial charge < -0.3 is 4.74 Å². The number of aromatic nitrogens is 2. The van der Waals surface area contributed by atoms with Crippen LogP contribution in [-0.2, 0) is 4.74 Å². The van der Waals surface area contributed by atoms with Crippen LogP contribution in [0.15, 0.2) is 35.8 Å². The summed E-state index contributed by atoms with van der Waals surface area (Å²) in [6.45, 7) is 2.07. The van der Waals surface area contributed by atoms with Gasteiger partial charge in [0.25, 0.3) is 5.69 Å². The van der Waals surface area contributed by atoms with Gasteiger partial charge >= 0.3 is 10.9 Å². The summed E-state index contributed by atoms with van der Waals surface area (Å²) in [5.74, 6) is -0.381. The number of hydrogen-bond acceptors (Lipinski definition) is 5. The predicted octanol–water partition coefficient (Wildman–Crippen LogP) is 2.57. The molecule has 7 nitrogen and oxygen atoms in total. The van der Waals surface area contributed by atoms with Gasteiger partial charge in [-0.1, -0.05) is 11.3 Å². The summed E-state index contributed by atoms with van der Waals surface area (Å²) in [5, 5.41) is 12.4. The van der Waals surface area contributed by atoms with E-state index in [4.69, 9.17) is 4.74 Å². The van der Waals surface area contributed by atoms with Crippen molar-refractivity contribution < 1.29 is 18.9 Å². The van der Waals surface area contributed by atoms with Gasteiger partial charge in [-0.3, -0.25) is 10.1 Å². The molecule has 112 valence electrons. The van der Waals surface area contributed by atoms with Crippen molar-refractivity contribution in [1.82, 2.24) is 4.98 Å². The first-order valence-electron chi connectivity index (χ1n) is 6.54. The van der Waals surface area contributed by atoms with E-state index in [1.807, 2.05) is 0 Å². The van der Waals surface area contributed by atoms with Gasteiger partial charge in [-0.05, 0) is 19.1 Å². The number of imidazole rings is 1. The number of ether oxygens (including phenoxy) is 1. The van der Waals surface area contributed by atoms with E-state index in [2.05, 4.69) is 4.98 Å². The fourth-order valence-corrected chi connectivity index (χ4v) is 2.96. The Morgan fingerprint density at radius 3 is 2.77 bits per heavy atom. The summed E-state index contributed by atoms with van der Waals surface area (Å²) in [6, 6.07) is 6.22. The Morgan fingerprint density at radius 2 is 2.14 bits per heavy atom. The molecule has 3 aromatic rings. The highest BCUT2D eigenvalue weighted by Gasteiger charge is 2.22. The Bertz CT molecular complexity index is 851. The van der Waals surface area contributed by atoms with Crippen LogP contribution in [0, 0.1) is 10.1 Å². The molecule has 2 heterocycles. The molecule has 1 N–H and O–H groups in total. The van der Waals surface area contributed by atoms with Crippen molar-refractivity contribution in [2.75, 3.05) is 6.61 Å². The summed E-state index contributed by atoms with van der Waals surface area (Å²) in [5.41, 5.74) is 2.06. The topological polar surface area (TPSA) is 89.3 Å². The number of H-pyrrole nitrogens is 1. The lowest BCUT2D eigenvalue weighted by Crippen LogP contribution is -2.26. The fraction of sp³-hybridized carbons (Fsp3) is 0.143. The zero-order chi connectivity index (χ0) is 15.7. The van der Waals surface area contributed by atoms with Gasteiger partial charge in [0.1, 0.15) is 6.20 Å². The Labute approximate surface area is 128 Å². The third-order valence-electron chi connectivity index (χ3n) is 3.13. The van der Waals surface area contributed by atoms with Crippen molar-refractivity contribution in [3.63, 3.8) is 0 Å². The standard InChI is InChI=1S/C14H11N3O4S/c1-2-21-13(18)12-8-22-14-15-11(7-16(12)14)9-3-5-10(6-4-9)17(19)20/h3-8H,2H2,1H3/p+1. The molecule has 0 radical (unpaired) electrons. The van der Waals surface area contributed by atoms with Crippen molar-refractivity contribution in [2.24, 2.45) is 0 Å². The highest BCUT2D eigenvalue weighted by molar-refractivity contribution is 7.14. The summed E-state index contributed by atoms with van der Waals surface area (Å²) < 4.78 is 6.73. The van der Waals surface area contributed by atoms with Gasteiger partial charge in [0.2, 0.25) is 5.69 Å². The average molecular weight is 318 g/mol. The first-order valence-corrected chi connectivity index (χ1v) is 7.42. The number of thiazole rings is 1. The molecule has 0 atom stereocenters.